The van der Waals surface area contributed by atoms with Crippen LogP contribution >= 0.6 is 11.6 Å². The topological polar surface area (TPSA) is 26.0 Å². The average Bonchev–Trinajstić information content (AvgIpc) is 2.19. The van der Waals surface area contributed by atoms with Gasteiger partial charge in [-0.05, 0) is 42.9 Å². The highest BCUT2D eigenvalue weighted by Gasteiger charge is 2.07. The molecule has 1 aromatic carbocycles. The molecule has 0 aromatic heterocycles. The van der Waals surface area contributed by atoms with Crippen LogP contribution in [0.15, 0.2) is 18.2 Å². The van der Waals surface area contributed by atoms with Gasteiger partial charge < -0.3 is 5.73 Å². The Morgan fingerprint density at radius 3 is 2.53 bits per heavy atom. The number of benzene rings is 1. The number of hydrogen-bond acceptors (Lipinski definition) is 1. The predicted octanol–water partition coefficient (Wildman–Crippen LogP) is 3.56. The van der Waals surface area contributed by atoms with Gasteiger partial charge in [0.25, 0.3) is 0 Å². The molecule has 1 atom stereocenters. The van der Waals surface area contributed by atoms with Crippen molar-refractivity contribution in [1.29, 1.82) is 0 Å². The molecular formula is C13H20ClN. The lowest BCUT2D eigenvalue weighted by molar-refractivity contribution is 0.464. The molecule has 0 radical (unpaired) electrons. The molecule has 0 saturated carbocycles. The maximum absolute atomic E-state index is 6.01. The fraction of sp³-hybridized carbons (Fsp3) is 0.538. The molecule has 2 heteroatoms. The smallest absolute Gasteiger partial charge is 0.0435 e. The molecule has 0 aliphatic rings. The van der Waals surface area contributed by atoms with E-state index >= 15 is 0 Å². The quantitative estimate of drug-likeness (QED) is 0.833. The summed E-state index contributed by atoms with van der Waals surface area (Å²) >= 11 is 5.97. The monoisotopic (exact) mass is 225 g/mol. The van der Waals surface area contributed by atoms with Gasteiger partial charge in [0.1, 0.15) is 0 Å². The number of aryl methyl sites for hydroxylation is 2. The van der Waals surface area contributed by atoms with Crippen LogP contribution in [-0.4, -0.2) is 6.04 Å². The molecule has 1 rings (SSSR count). The minimum absolute atomic E-state index is 0.293. The summed E-state index contributed by atoms with van der Waals surface area (Å²) in [5.74, 6) is 0.554. The van der Waals surface area contributed by atoms with E-state index in [4.69, 9.17) is 17.3 Å². The van der Waals surface area contributed by atoms with Crippen molar-refractivity contribution in [2.75, 3.05) is 0 Å². The molecule has 0 saturated heterocycles. The second kappa shape index (κ2) is 5.53. The van der Waals surface area contributed by atoms with Crippen LogP contribution in [0.5, 0.6) is 0 Å². The van der Waals surface area contributed by atoms with Crippen LogP contribution in [0.3, 0.4) is 0 Å². The largest absolute Gasteiger partial charge is 0.327 e. The molecule has 1 aromatic rings. The molecule has 0 aliphatic carbocycles. The van der Waals surface area contributed by atoms with Gasteiger partial charge in [-0.25, -0.2) is 0 Å². The molecule has 15 heavy (non-hydrogen) atoms. The van der Waals surface area contributed by atoms with Crippen molar-refractivity contribution in [3.8, 4) is 0 Å². The van der Waals surface area contributed by atoms with Gasteiger partial charge in [-0.1, -0.05) is 37.6 Å². The Bertz CT molecular complexity index is 320. The molecule has 0 fully saturated rings. The Morgan fingerprint density at radius 2 is 2.00 bits per heavy atom. The van der Waals surface area contributed by atoms with Crippen molar-refractivity contribution in [2.24, 2.45) is 11.7 Å². The summed E-state index contributed by atoms with van der Waals surface area (Å²) < 4.78 is 0. The lowest BCUT2D eigenvalue weighted by Crippen LogP contribution is -2.26. The molecule has 0 amide bonds. The van der Waals surface area contributed by atoms with Crippen molar-refractivity contribution >= 4 is 11.6 Å². The first-order valence-electron chi connectivity index (χ1n) is 5.51. The van der Waals surface area contributed by atoms with E-state index in [2.05, 4.69) is 26.0 Å². The standard InChI is InChI=1S/C13H20ClN/c1-9(2)13(15)7-5-11-4-6-12(14)10(3)8-11/h4,6,8-9,13H,5,7,15H2,1-3H3. The predicted molar refractivity (Wildman–Crippen MR) is 67.3 cm³/mol. The molecule has 84 valence electrons. The van der Waals surface area contributed by atoms with E-state index in [0.29, 0.717) is 12.0 Å². The zero-order chi connectivity index (χ0) is 11.4. The Kier molecular flexibility index (Phi) is 4.62. The van der Waals surface area contributed by atoms with Crippen LogP contribution in [0.4, 0.5) is 0 Å². The highest BCUT2D eigenvalue weighted by Crippen LogP contribution is 2.18. The van der Waals surface area contributed by atoms with Crippen LogP contribution in [0.25, 0.3) is 0 Å². The van der Waals surface area contributed by atoms with E-state index in [0.717, 1.165) is 23.4 Å². The van der Waals surface area contributed by atoms with E-state index in [1.165, 1.54) is 5.56 Å². The van der Waals surface area contributed by atoms with Crippen molar-refractivity contribution < 1.29 is 0 Å². The Morgan fingerprint density at radius 1 is 1.33 bits per heavy atom. The summed E-state index contributed by atoms with van der Waals surface area (Å²) in [7, 11) is 0. The second-order valence-corrected chi connectivity index (χ2v) is 4.94. The summed E-state index contributed by atoms with van der Waals surface area (Å²) in [6, 6.07) is 6.49. The lowest BCUT2D eigenvalue weighted by atomic mass is 9.97. The van der Waals surface area contributed by atoms with Crippen molar-refractivity contribution in [3.05, 3.63) is 34.3 Å². The molecule has 1 unspecified atom stereocenters. The number of rotatable bonds is 4. The van der Waals surface area contributed by atoms with Gasteiger partial charge in [0.15, 0.2) is 0 Å². The third-order valence-corrected chi connectivity index (χ3v) is 3.27. The Hall–Kier alpha value is -0.530. The summed E-state index contributed by atoms with van der Waals surface area (Å²) in [6.07, 6.45) is 2.08. The molecule has 0 heterocycles. The number of hydrogen-bond donors (Lipinski definition) is 1. The Balaban J connectivity index is 2.55. The molecule has 2 N–H and O–H groups in total. The summed E-state index contributed by atoms with van der Waals surface area (Å²) in [5.41, 5.74) is 8.48. The molecule has 0 spiro atoms. The third-order valence-electron chi connectivity index (χ3n) is 2.85. The molecule has 0 bridgehead atoms. The first kappa shape index (κ1) is 12.5. The van der Waals surface area contributed by atoms with Crippen LogP contribution in [0.1, 0.15) is 31.4 Å². The van der Waals surface area contributed by atoms with E-state index < -0.39 is 0 Å². The van der Waals surface area contributed by atoms with Gasteiger partial charge in [-0.3, -0.25) is 0 Å². The summed E-state index contributed by atoms with van der Waals surface area (Å²) in [4.78, 5) is 0. The van der Waals surface area contributed by atoms with E-state index in [9.17, 15) is 0 Å². The Labute approximate surface area is 97.6 Å². The van der Waals surface area contributed by atoms with Gasteiger partial charge in [0.2, 0.25) is 0 Å². The minimum Gasteiger partial charge on any atom is -0.327 e. The number of nitrogens with two attached hydrogens (primary N) is 1. The number of halogens is 1. The molecule has 1 nitrogen and oxygen atoms in total. The maximum Gasteiger partial charge on any atom is 0.0435 e. The average molecular weight is 226 g/mol. The second-order valence-electron chi connectivity index (χ2n) is 4.53. The molecule has 0 aliphatic heterocycles. The van der Waals surface area contributed by atoms with Crippen LogP contribution in [-0.2, 0) is 6.42 Å². The van der Waals surface area contributed by atoms with Gasteiger partial charge in [0, 0.05) is 11.1 Å². The van der Waals surface area contributed by atoms with Crippen molar-refractivity contribution in [1.82, 2.24) is 0 Å². The first-order valence-corrected chi connectivity index (χ1v) is 5.89. The minimum atomic E-state index is 0.293. The first-order chi connectivity index (χ1) is 7.00. The van der Waals surface area contributed by atoms with Crippen LogP contribution in [0, 0.1) is 12.8 Å². The van der Waals surface area contributed by atoms with Crippen molar-refractivity contribution in [3.63, 3.8) is 0 Å². The van der Waals surface area contributed by atoms with E-state index in [-0.39, 0.29) is 0 Å². The zero-order valence-electron chi connectivity index (χ0n) is 9.76. The van der Waals surface area contributed by atoms with Crippen LogP contribution < -0.4 is 5.73 Å². The van der Waals surface area contributed by atoms with E-state index in [1.807, 2.05) is 13.0 Å². The summed E-state index contributed by atoms with van der Waals surface area (Å²) in [6.45, 7) is 6.36. The van der Waals surface area contributed by atoms with Gasteiger partial charge in [-0.2, -0.15) is 0 Å². The fourth-order valence-corrected chi connectivity index (χ4v) is 1.65. The lowest BCUT2D eigenvalue weighted by Gasteiger charge is -2.15. The van der Waals surface area contributed by atoms with Gasteiger partial charge in [0.05, 0.1) is 0 Å². The SMILES string of the molecule is Cc1cc(CCC(N)C(C)C)ccc1Cl. The van der Waals surface area contributed by atoms with Gasteiger partial charge >= 0.3 is 0 Å². The summed E-state index contributed by atoms with van der Waals surface area (Å²) in [5, 5.41) is 0.840. The maximum atomic E-state index is 6.01. The van der Waals surface area contributed by atoms with Gasteiger partial charge in [-0.15, -0.1) is 0 Å². The zero-order valence-corrected chi connectivity index (χ0v) is 10.5. The molecular weight excluding hydrogens is 206 g/mol. The fourth-order valence-electron chi connectivity index (χ4n) is 1.53. The van der Waals surface area contributed by atoms with Crippen molar-refractivity contribution in [2.45, 2.75) is 39.7 Å². The third kappa shape index (κ3) is 3.84. The highest BCUT2D eigenvalue weighted by atomic mass is 35.5. The van der Waals surface area contributed by atoms with E-state index in [1.54, 1.807) is 0 Å². The van der Waals surface area contributed by atoms with Crippen LogP contribution in [0.2, 0.25) is 5.02 Å². The highest BCUT2D eigenvalue weighted by molar-refractivity contribution is 6.31. The normalized spacial score (nSPS) is 13.2.